The Morgan fingerprint density at radius 2 is 1.74 bits per heavy atom. The molecule has 0 aliphatic carbocycles. The van der Waals surface area contributed by atoms with Crippen molar-refractivity contribution in [3.8, 4) is 5.75 Å². The number of amides is 2. The highest BCUT2D eigenvalue weighted by Gasteiger charge is 2.16. The highest BCUT2D eigenvalue weighted by atomic mass is 16.5. The lowest BCUT2D eigenvalue weighted by Gasteiger charge is -2.22. The number of rotatable bonds is 8. The Bertz CT molecular complexity index is 771. The van der Waals surface area contributed by atoms with Gasteiger partial charge in [0.15, 0.2) is 0 Å². The standard InChI is InChI=1S/C21H24N2O4/c1-15(2)19(22-20(24)13-8-16-6-4-3-5-7-16)14-27-18-11-9-17(10-12-18)21(25)23-26/h3-13,15,19,26H,14H2,1-2H3,(H,22,24)(H,23,25)/b13-8+/t19-/m0/s1. The molecule has 3 N–H and O–H groups in total. The topological polar surface area (TPSA) is 87.7 Å². The molecule has 2 aromatic carbocycles. The van der Waals surface area contributed by atoms with Crippen LogP contribution in [0.15, 0.2) is 60.7 Å². The minimum absolute atomic E-state index is 0.168. The van der Waals surface area contributed by atoms with Gasteiger partial charge in [-0.1, -0.05) is 44.2 Å². The Kier molecular flexibility index (Phi) is 7.58. The summed E-state index contributed by atoms with van der Waals surface area (Å²) >= 11 is 0. The molecule has 142 valence electrons. The average molecular weight is 368 g/mol. The van der Waals surface area contributed by atoms with E-state index in [0.717, 1.165) is 5.56 Å². The first kappa shape index (κ1) is 20.2. The van der Waals surface area contributed by atoms with Gasteiger partial charge < -0.3 is 10.1 Å². The van der Waals surface area contributed by atoms with Crippen molar-refractivity contribution < 1.29 is 19.5 Å². The third-order valence-electron chi connectivity index (χ3n) is 4.01. The van der Waals surface area contributed by atoms with Crippen LogP contribution in [0.1, 0.15) is 29.8 Å². The molecule has 0 aromatic heterocycles. The second kappa shape index (κ2) is 10.1. The summed E-state index contributed by atoms with van der Waals surface area (Å²) in [5.41, 5.74) is 2.86. The largest absolute Gasteiger partial charge is 0.491 e. The molecule has 0 radical (unpaired) electrons. The number of carbonyl (C=O) groups excluding carboxylic acids is 2. The monoisotopic (exact) mass is 368 g/mol. The van der Waals surface area contributed by atoms with Crippen LogP contribution < -0.4 is 15.5 Å². The highest BCUT2D eigenvalue weighted by Crippen LogP contribution is 2.14. The van der Waals surface area contributed by atoms with E-state index in [1.165, 1.54) is 6.08 Å². The van der Waals surface area contributed by atoms with Gasteiger partial charge in [0, 0.05) is 11.6 Å². The summed E-state index contributed by atoms with van der Waals surface area (Å²) in [6, 6.07) is 15.8. The first-order valence-corrected chi connectivity index (χ1v) is 8.70. The third kappa shape index (κ3) is 6.60. The van der Waals surface area contributed by atoms with Gasteiger partial charge in [-0.25, -0.2) is 5.48 Å². The van der Waals surface area contributed by atoms with Gasteiger partial charge in [-0.2, -0.15) is 0 Å². The van der Waals surface area contributed by atoms with Crippen molar-refractivity contribution in [2.75, 3.05) is 6.61 Å². The Morgan fingerprint density at radius 1 is 1.07 bits per heavy atom. The number of hydroxylamine groups is 1. The lowest BCUT2D eigenvalue weighted by Crippen LogP contribution is -2.42. The van der Waals surface area contributed by atoms with Crippen LogP contribution in [0.25, 0.3) is 6.08 Å². The van der Waals surface area contributed by atoms with E-state index in [4.69, 9.17) is 9.94 Å². The number of hydrogen-bond acceptors (Lipinski definition) is 4. The van der Waals surface area contributed by atoms with Gasteiger partial charge in [0.25, 0.3) is 5.91 Å². The molecule has 2 rings (SSSR count). The highest BCUT2D eigenvalue weighted by molar-refractivity contribution is 5.93. The summed E-state index contributed by atoms with van der Waals surface area (Å²) in [5, 5.41) is 11.6. The van der Waals surface area contributed by atoms with Crippen LogP contribution in [-0.2, 0) is 4.79 Å². The number of carbonyl (C=O) groups is 2. The Hall–Kier alpha value is -3.12. The maximum atomic E-state index is 12.2. The van der Waals surface area contributed by atoms with Crippen LogP contribution in [0.3, 0.4) is 0 Å². The van der Waals surface area contributed by atoms with Gasteiger partial charge in [0.1, 0.15) is 12.4 Å². The summed E-state index contributed by atoms with van der Waals surface area (Å²) in [6.45, 7) is 4.31. The maximum Gasteiger partial charge on any atom is 0.274 e. The van der Waals surface area contributed by atoms with Gasteiger partial charge in [0.2, 0.25) is 5.91 Å². The van der Waals surface area contributed by atoms with Crippen LogP contribution in [0, 0.1) is 5.92 Å². The van der Waals surface area contributed by atoms with Crippen molar-refractivity contribution in [2.24, 2.45) is 5.92 Å². The van der Waals surface area contributed by atoms with E-state index in [9.17, 15) is 9.59 Å². The second-order valence-electron chi connectivity index (χ2n) is 6.38. The number of benzene rings is 2. The second-order valence-corrected chi connectivity index (χ2v) is 6.38. The minimum atomic E-state index is -0.584. The minimum Gasteiger partial charge on any atom is -0.491 e. The summed E-state index contributed by atoms with van der Waals surface area (Å²) in [6.07, 6.45) is 3.27. The van der Waals surface area contributed by atoms with Crippen LogP contribution in [-0.4, -0.2) is 29.7 Å². The molecule has 2 aromatic rings. The van der Waals surface area contributed by atoms with Gasteiger partial charge in [0.05, 0.1) is 6.04 Å². The van der Waals surface area contributed by atoms with Crippen LogP contribution in [0.4, 0.5) is 0 Å². The Morgan fingerprint density at radius 3 is 2.33 bits per heavy atom. The molecule has 1 atom stereocenters. The van der Waals surface area contributed by atoms with E-state index in [1.807, 2.05) is 44.2 Å². The quantitative estimate of drug-likeness (QED) is 0.380. The van der Waals surface area contributed by atoms with Crippen molar-refractivity contribution in [3.05, 3.63) is 71.8 Å². The van der Waals surface area contributed by atoms with E-state index < -0.39 is 5.91 Å². The van der Waals surface area contributed by atoms with Gasteiger partial charge >= 0.3 is 0 Å². The fourth-order valence-corrected chi connectivity index (χ4v) is 2.32. The van der Waals surface area contributed by atoms with Crippen molar-refractivity contribution in [1.29, 1.82) is 0 Å². The smallest absolute Gasteiger partial charge is 0.274 e. The molecule has 6 heteroatoms. The fourth-order valence-electron chi connectivity index (χ4n) is 2.32. The summed E-state index contributed by atoms with van der Waals surface area (Å²) in [7, 11) is 0. The van der Waals surface area contributed by atoms with Crippen LogP contribution in [0.5, 0.6) is 5.75 Å². The van der Waals surface area contributed by atoms with Crippen molar-refractivity contribution >= 4 is 17.9 Å². The van der Waals surface area contributed by atoms with E-state index >= 15 is 0 Å². The van der Waals surface area contributed by atoms with Crippen molar-refractivity contribution in [1.82, 2.24) is 10.8 Å². The molecule has 0 aliphatic rings. The zero-order chi connectivity index (χ0) is 19.6. The summed E-state index contributed by atoms with van der Waals surface area (Å²) in [5.74, 6) is -0.0158. The lowest BCUT2D eigenvalue weighted by molar-refractivity contribution is -0.117. The average Bonchev–Trinajstić information content (AvgIpc) is 2.70. The van der Waals surface area contributed by atoms with E-state index in [2.05, 4.69) is 5.32 Å². The summed E-state index contributed by atoms with van der Waals surface area (Å²) < 4.78 is 5.73. The normalized spacial score (nSPS) is 12.0. The molecule has 0 unspecified atom stereocenters. The predicted molar refractivity (Wildman–Crippen MR) is 103 cm³/mol. The molecule has 0 spiro atoms. The van der Waals surface area contributed by atoms with Gasteiger partial charge in [-0.15, -0.1) is 0 Å². The maximum absolute atomic E-state index is 12.2. The van der Waals surface area contributed by atoms with Crippen molar-refractivity contribution in [2.45, 2.75) is 19.9 Å². The van der Waals surface area contributed by atoms with Crippen molar-refractivity contribution in [3.63, 3.8) is 0 Å². The number of ether oxygens (including phenoxy) is 1. The molecular formula is C21H24N2O4. The summed E-state index contributed by atoms with van der Waals surface area (Å²) in [4.78, 5) is 23.5. The molecule has 0 saturated carbocycles. The lowest BCUT2D eigenvalue weighted by atomic mass is 10.1. The molecule has 0 aliphatic heterocycles. The fraction of sp³-hybridized carbons (Fsp3) is 0.238. The molecular weight excluding hydrogens is 344 g/mol. The van der Waals surface area contributed by atoms with Crippen LogP contribution >= 0.6 is 0 Å². The van der Waals surface area contributed by atoms with E-state index in [-0.39, 0.29) is 17.9 Å². The van der Waals surface area contributed by atoms with Crippen LogP contribution in [0.2, 0.25) is 0 Å². The molecule has 2 amide bonds. The van der Waals surface area contributed by atoms with E-state index in [0.29, 0.717) is 17.9 Å². The SMILES string of the molecule is CC(C)[C@H](COc1ccc(C(=O)NO)cc1)NC(=O)/C=C/c1ccccc1. The molecule has 27 heavy (non-hydrogen) atoms. The molecule has 0 bridgehead atoms. The number of hydrogen-bond donors (Lipinski definition) is 3. The molecule has 6 nitrogen and oxygen atoms in total. The first-order valence-electron chi connectivity index (χ1n) is 8.70. The zero-order valence-electron chi connectivity index (χ0n) is 15.4. The molecule has 0 saturated heterocycles. The first-order chi connectivity index (χ1) is 13.0. The molecule has 0 heterocycles. The van der Waals surface area contributed by atoms with Gasteiger partial charge in [-0.05, 0) is 41.8 Å². The van der Waals surface area contributed by atoms with E-state index in [1.54, 1.807) is 35.8 Å². The Balaban J connectivity index is 1.90. The Labute approximate surface area is 158 Å². The third-order valence-corrected chi connectivity index (χ3v) is 4.01. The number of nitrogens with one attached hydrogen (secondary N) is 2. The zero-order valence-corrected chi connectivity index (χ0v) is 15.4. The van der Waals surface area contributed by atoms with Gasteiger partial charge in [-0.3, -0.25) is 14.8 Å². The molecule has 0 fully saturated rings. The predicted octanol–water partition coefficient (Wildman–Crippen LogP) is 3.04.